The highest BCUT2D eigenvalue weighted by atomic mass is 16.5. The van der Waals surface area contributed by atoms with Crippen LogP contribution in [0.2, 0.25) is 0 Å². The first-order valence-electron chi connectivity index (χ1n) is 4.97. The molecule has 2 fully saturated rings. The van der Waals surface area contributed by atoms with E-state index in [2.05, 4.69) is 18.9 Å². The molecule has 0 radical (unpaired) electrons. The highest BCUT2D eigenvalue weighted by Gasteiger charge is 2.40. The van der Waals surface area contributed by atoms with Gasteiger partial charge in [-0.15, -0.1) is 0 Å². The van der Waals surface area contributed by atoms with Gasteiger partial charge < -0.3 is 9.64 Å². The summed E-state index contributed by atoms with van der Waals surface area (Å²) < 4.78 is 5.64. The van der Waals surface area contributed by atoms with E-state index in [0.717, 1.165) is 19.1 Å². The van der Waals surface area contributed by atoms with E-state index in [-0.39, 0.29) is 0 Å². The average Bonchev–Trinajstić information content (AvgIpc) is 2.32. The van der Waals surface area contributed by atoms with Gasteiger partial charge in [0.15, 0.2) is 0 Å². The molecule has 2 unspecified atom stereocenters. The maximum atomic E-state index is 5.64. The summed E-state index contributed by atoms with van der Waals surface area (Å²) in [4.78, 5) is 2.43. The van der Waals surface area contributed by atoms with Gasteiger partial charge in [0.2, 0.25) is 0 Å². The summed E-state index contributed by atoms with van der Waals surface area (Å²) in [5, 5.41) is 0. The van der Waals surface area contributed by atoms with Gasteiger partial charge in [0.1, 0.15) is 0 Å². The Kier molecular flexibility index (Phi) is 2.13. The van der Waals surface area contributed by atoms with E-state index in [1.165, 1.54) is 25.9 Å². The second kappa shape index (κ2) is 3.00. The van der Waals surface area contributed by atoms with Crippen LogP contribution in [0.15, 0.2) is 0 Å². The average molecular weight is 169 g/mol. The minimum Gasteiger partial charge on any atom is -0.381 e. The predicted octanol–water partition coefficient (Wildman–Crippen LogP) is 1.36. The highest BCUT2D eigenvalue weighted by molar-refractivity contribution is 4.91. The van der Waals surface area contributed by atoms with Gasteiger partial charge >= 0.3 is 0 Å². The summed E-state index contributed by atoms with van der Waals surface area (Å²) in [6.45, 7) is 6.79. The summed E-state index contributed by atoms with van der Waals surface area (Å²) in [6, 6.07) is 0. The Labute approximate surface area is 74.9 Å². The minimum absolute atomic E-state index is 0.520. The lowest BCUT2D eigenvalue weighted by atomic mass is 9.78. The normalized spacial score (nSPS) is 44.0. The zero-order valence-electron chi connectivity index (χ0n) is 8.18. The van der Waals surface area contributed by atoms with E-state index < -0.39 is 0 Å². The van der Waals surface area contributed by atoms with Crippen LogP contribution in [0, 0.1) is 11.3 Å². The van der Waals surface area contributed by atoms with E-state index in [1.54, 1.807) is 0 Å². The summed E-state index contributed by atoms with van der Waals surface area (Å²) in [7, 11) is 2.22. The van der Waals surface area contributed by atoms with Crippen LogP contribution in [0.25, 0.3) is 0 Å². The molecule has 70 valence electrons. The van der Waals surface area contributed by atoms with E-state index in [9.17, 15) is 0 Å². The zero-order valence-corrected chi connectivity index (χ0v) is 8.18. The molecular formula is C10H19NO. The number of hydrogen-bond acceptors (Lipinski definition) is 2. The Morgan fingerprint density at radius 3 is 2.92 bits per heavy atom. The highest BCUT2D eigenvalue weighted by Crippen LogP contribution is 2.39. The standard InChI is InChI=1S/C10H19NO/c1-9-5-10(8-12-6-9)3-4-11(2)7-10/h9H,3-8H2,1-2H3. The van der Waals surface area contributed by atoms with Gasteiger partial charge in [0.05, 0.1) is 6.61 Å². The van der Waals surface area contributed by atoms with Crippen LogP contribution < -0.4 is 0 Å². The Morgan fingerprint density at radius 2 is 2.33 bits per heavy atom. The Balaban J connectivity index is 2.00. The van der Waals surface area contributed by atoms with Crippen molar-refractivity contribution in [1.29, 1.82) is 0 Å². The summed E-state index contributed by atoms with van der Waals surface area (Å²) in [6.07, 6.45) is 2.71. The van der Waals surface area contributed by atoms with E-state index in [4.69, 9.17) is 4.74 Å². The first kappa shape index (κ1) is 8.52. The van der Waals surface area contributed by atoms with Crippen LogP contribution in [0.1, 0.15) is 19.8 Å². The van der Waals surface area contributed by atoms with Crippen LogP contribution in [0.5, 0.6) is 0 Å². The number of nitrogens with zero attached hydrogens (tertiary/aromatic N) is 1. The van der Waals surface area contributed by atoms with Gasteiger partial charge in [-0.2, -0.15) is 0 Å². The largest absolute Gasteiger partial charge is 0.381 e. The van der Waals surface area contributed by atoms with Crippen LogP contribution >= 0.6 is 0 Å². The molecule has 0 aliphatic carbocycles. The second-order valence-corrected chi connectivity index (χ2v) is 4.81. The molecule has 1 spiro atoms. The maximum absolute atomic E-state index is 5.64. The Morgan fingerprint density at radius 1 is 1.50 bits per heavy atom. The third-order valence-corrected chi connectivity index (χ3v) is 3.22. The smallest absolute Gasteiger partial charge is 0.0535 e. The van der Waals surface area contributed by atoms with Crippen molar-refractivity contribution in [2.24, 2.45) is 11.3 Å². The number of likely N-dealkylation sites (tertiary alicyclic amines) is 1. The third kappa shape index (κ3) is 1.50. The number of ether oxygens (including phenoxy) is 1. The molecule has 2 aliphatic heterocycles. The molecule has 2 saturated heterocycles. The van der Waals surface area contributed by atoms with Crippen LogP contribution in [-0.4, -0.2) is 38.3 Å². The van der Waals surface area contributed by atoms with Crippen molar-refractivity contribution in [2.45, 2.75) is 19.8 Å². The van der Waals surface area contributed by atoms with Gasteiger partial charge in [-0.3, -0.25) is 0 Å². The minimum atomic E-state index is 0.520. The van der Waals surface area contributed by atoms with Crippen molar-refractivity contribution in [3.8, 4) is 0 Å². The van der Waals surface area contributed by atoms with Crippen molar-refractivity contribution in [2.75, 3.05) is 33.4 Å². The lowest BCUT2D eigenvalue weighted by Crippen LogP contribution is -2.37. The predicted molar refractivity (Wildman–Crippen MR) is 49.1 cm³/mol. The van der Waals surface area contributed by atoms with Gasteiger partial charge in [0.25, 0.3) is 0 Å². The Bertz CT molecular complexity index is 167. The third-order valence-electron chi connectivity index (χ3n) is 3.22. The SMILES string of the molecule is CC1COCC2(CCN(C)C2)C1. The van der Waals surface area contributed by atoms with Crippen LogP contribution in [-0.2, 0) is 4.74 Å². The lowest BCUT2D eigenvalue weighted by Gasteiger charge is -2.36. The van der Waals surface area contributed by atoms with Gasteiger partial charge in [-0.05, 0) is 32.4 Å². The fourth-order valence-corrected chi connectivity index (χ4v) is 2.78. The first-order valence-corrected chi connectivity index (χ1v) is 4.97. The fourth-order valence-electron chi connectivity index (χ4n) is 2.78. The van der Waals surface area contributed by atoms with Crippen molar-refractivity contribution in [3.63, 3.8) is 0 Å². The Hall–Kier alpha value is -0.0800. The van der Waals surface area contributed by atoms with Crippen LogP contribution in [0.4, 0.5) is 0 Å². The quantitative estimate of drug-likeness (QED) is 0.543. The molecule has 0 aromatic carbocycles. The molecule has 0 N–H and O–H groups in total. The van der Waals surface area contributed by atoms with E-state index >= 15 is 0 Å². The summed E-state index contributed by atoms with van der Waals surface area (Å²) in [5.74, 6) is 0.769. The molecule has 2 nitrogen and oxygen atoms in total. The zero-order chi connectivity index (χ0) is 8.60. The van der Waals surface area contributed by atoms with E-state index in [1.807, 2.05) is 0 Å². The molecule has 0 amide bonds. The molecule has 2 rings (SSSR count). The molecule has 0 saturated carbocycles. The molecule has 2 atom stereocenters. The van der Waals surface area contributed by atoms with Gasteiger partial charge in [0, 0.05) is 18.6 Å². The molecule has 0 aromatic rings. The van der Waals surface area contributed by atoms with Crippen molar-refractivity contribution in [3.05, 3.63) is 0 Å². The fraction of sp³-hybridized carbons (Fsp3) is 1.00. The molecule has 0 bridgehead atoms. The number of rotatable bonds is 0. The summed E-state index contributed by atoms with van der Waals surface area (Å²) in [5.41, 5.74) is 0.520. The van der Waals surface area contributed by atoms with Crippen molar-refractivity contribution >= 4 is 0 Å². The molecule has 0 aromatic heterocycles. The van der Waals surface area contributed by atoms with Crippen molar-refractivity contribution in [1.82, 2.24) is 4.90 Å². The molecule has 2 heteroatoms. The topological polar surface area (TPSA) is 12.5 Å². The maximum Gasteiger partial charge on any atom is 0.0535 e. The molecule has 12 heavy (non-hydrogen) atoms. The lowest BCUT2D eigenvalue weighted by molar-refractivity contribution is -0.0310. The second-order valence-electron chi connectivity index (χ2n) is 4.81. The van der Waals surface area contributed by atoms with Gasteiger partial charge in [-0.25, -0.2) is 0 Å². The molecule has 2 aliphatic rings. The van der Waals surface area contributed by atoms with Crippen LogP contribution in [0.3, 0.4) is 0 Å². The summed E-state index contributed by atoms with van der Waals surface area (Å²) >= 11 is 0. The monoisotopic (exact) mass is 169 g/mol. The van der Waals surface area contributed by atoms with Crippen molar-refractivity contribution < 1.29 is 4.74 Å². The van der Waals surface area contributed by atoms with Gasteiger partial charge in [-0.1, -0.05) is 6.92 Å². The van der Waals surface area contributed by atoms with E-state index in [0.29, 0.717) is 5.41 Å². The molecule has 2 heterocycles. The first-order chi connectivity index (χ1) is 5.70. The number of hydrogen-bond donors (Lipinski definition) is 0. The molecular weight excluding hydrogens is 150 g/mol.